The minimum absolute atomic E-state index is 0. The van der Waals surface area contributed by atoms with Gasteiger partial charge in [-0.1, -0.05) is 26.7 Å². The number of hydrogen-bond donors (Lipinski definition) is 3. The number of rotatable bonds is 6. The van der Waals surface area contributed by atoms with Gasteiger partial charge in [-0.25, -0.2) is 0 Å². The molecule has 6 nitrogen and oxygen atoms in total. The predicted octanol–water partition coefficient (Wildman–Crippen LogP) is 2.58. The maximum Gasteiger partial charge on any atom is 0.239 e. The lowest BCUT2D eigenvalue weighted by Crippen LogP contribution is -2.52. The van der Waals surface area contributed by atoms with Gasteiger partial charge in [0.25, 0.3) is 0 Å². The highest BCUT2D eigenvalue weighted by atomic mass is 127. The van der Waals surface area contributed by atoms with Gasteiger partial charge in [0.15, 0.2) is 5.96 Å². The minimum atomic E-state index is -0.217. The maximum atomic E-state index is 11.9. The fraction of sp³-hybridized carbons (Fsp3) is 0.895. The lowest BCUT2D eigenvalue weighted by molar-refractivity contribution is -0.121. The molecule has 0 saturated carbocycles. The van der Waals surface area contributed by atoms with Gasteiger partial charge in [-0.05, 0) is 52.6 Å². The monoisotopic (exact) mass is 481 g/mol. The molecule has 7 heteroatoms. The van der Waals surface area contributed by atoms with Crippen LogP contribution in [0.5, 0.6) is 0 Å². The van der Waals surface area contributed by atoms with E-state index in [9.17, 15) is 4.79 Å². The van der Waals surface area contributed by atoms with E-state index in [0.29, 0.717) is 17.9 Å². The zero-order valence-electron chi connectivity index (χ0n) is 17.5. The topological polar surface area (TPSA) is 68.8 Å². The van der Waals surface area contributed by atoms with Crippen LogP contribution in [0.1, 0.15) is 60.3 Å². The number of guanidine groups is 1. The van der Waals surface area contributed by atoms with Crippen molar-refractivity contribution in [1.29, 1.82) is 0 Å². The Morgan fingerprint density at radius 1 is 1.08 bits per heavy atom. The molecule has 0 bridgehead atoms. The molecule has 0 aromatic heterocycles. The van der Waals surface area contributed by atoms with Crippen LogP contribution in [0.2, 0.25) is 0 Å². The van der Waals surface area contributed by atoms with Crippen LogP contribution >= 0.6 is 24.0 Å². The normalized spacial score (nSPS) is 17.9. The van der Waals surface area contributed by atoms with E-state index in [1.165, 1.54) is 38.8 Å². The van der Waals surface area contributed by atoms with Gasteiger partial charge >= 0.3 is 0 Å². The van der Waals surface area contributed by atoms with Gasteiger partial charge in [-0.15, -0.1) is 24.0 Å². The van der Waals surface area contributed by atoms with Gasteiger partial charge in [0.1, 0.15) is 0 Å². The summed E-state index contributed by atoms with van der Waals surface area (Å²) in [6.45, 7) is 13.9. The van der Waals surface area contributed by atoms with Crippen molar-refractivity contribution in [3.8, 4) is 0 Å². The van der Waals surface area contributed by atoms with Crippen LogP contribution in [-0.2, 0) is 4.79 Å². The van der Waals surface area contributed by atoms with Crippen molar-refractivity contribution >= 4 is 35.8 Å². The third kappa shape index (κ3) is 10.5. The van der Waals surface area contributed by atoms with E-state index in [0.717, 1.165) is 6.54 Å². The number of nitrogens with one attached hydrogen (secondary N) is 3. The number of aliphatic imine (C=N–C) groups is 1. The van der Waals surface area contributed by atoms with E-state index in [4.69, 9.17) is 0 Å². The zero-order chi connectivity index (χ0) is 18.9. The second kappa shape index (κ2) is 12.8. The van der Waals surface area contributed by atoms with Crippen molar-refractivity contribution in [2.24, 2.45) is 10.9 Å². The lowest BCUT2D eigenvalue weighted by Gasteiger charge is -2.34. The molecule has 1 unspecified atom stereocenters. The SMILES string of the molecule is CN=C(NCC(=O)NC(C)(C)C)NCC(C(C)C)N1CCCCCC1.I. The number of likely N-dealkylation sites (tertiary alicyclic amines) is 1. The highest BCUT2D eigenvalue weighted by molar-refractivity contribution is 14.0. The fourth-order valence-electron chi connectivity index (χ4n) is 3.26. The molecular formula is C19H40IN5O. The molecule has 1 fully saturated rings. The van der Waals surface area contributed by atoms with E-state index >= 15 is 0 Å². The van der Waals surface area contributed by atoms with Crippen molar-refractivity contribution in [1.82, 2.24) is 20.9 Å². The third-order valence-corrected chi connectivity index (χ3v) is 4.51. The first kappa shape index (κ1) is 25.4. The predicted molar refractivity (Wildman–Crippen MR) is 121 cm³/mol. The summed E-state index contributed by atoms with van der Waals surface area (Å²) in [6.07, 6.45) is 5.29. The number of hydrogen-bond acceptors (Lipinski definition) is 3. The second-order valence-electron chi connectivity index (χ2n) is 8.37. The Bertz CT molecular complexity index is 426. The molecule has 3 N–H and O–H groups in total. The van der Waals surface area contributed by atoms with Crippen LogP contribution in [0.3, 0.4) is 0 Å². The summed E-state index contributed by atoms with van der Waals surface area (Å²) in [5, 5.41) is 9.46. The number of carbonyl (C=O) groups excluding carboxylic acids is 1. The standard InChI is InChI=1S/C19H39N5O.HI/c1-15(2)16(24-11-9-7-8-10-12-24)13-21-18(20-6)22-14-17(25)23-19(3,4)5;/h15-16H,7-14H2,1-6H3,(H,23,25)(H2,20,21,22);1H. The Morgan fingerprint density at radius 3 is 2.12 bits per heavy atom. The van der Waals surface area contributed by atoms with Crippen molar-refractivity contribution in [2.45, 2.75) is 71.9 Å². The van der Waals surface area contributed by atoms with E-state index in [-0.39, 0.29) is 42.0 Å². The molecule has 1 aliphatic heterocycles. The number of carbonyl (C=O) groups is 1. The average molecular weight is 481 g/mol. The van der Waals surface area contributed by atoms with Crippen LogP contribution in [0.25, 0.3) is 0 Å². The fourth-order valence-corrected chi connectivity index (χ4v) is 3.26. The Morgan fingerprint density at radius 2 is 1.65 bits per heavy atom. The molecule has 1 atom stereocenters. The molecule has 0 aromatic rings. The van der Waals surface area contributed by atoms with Gasteiger partial charge in [0.2, 0.25) is 5.91 Å². The summed E-state index contributed by atoms with van der Waals surface area (Å²) >= 11 is 0. The van der Waals surface area contributed by atoms with Gasteiger partial charge in [0.05, 0.1) is 6.54 Å². The van der Waals surface area contributed by atoms with Crippen LogP contribution in [0, 0.1) is 5.92 Å². The summed E-state index contributed by atoms with van der Waals surface area (Å²) in [5.74, 6) is 1.24. The van der Waals surface area contributed by atoms with Gasteiger partial charge < -0.3 is 16.0 Å². The first-order valence-corrected chi connectivity index (χ1v) is 9.72. The largest absolute Gasteiger partial charge is 0.355 e. The summed E-state index contributed by atoms with van der Waals surface area (Å²) in [5.41, 5.74) is -0.217. The molecule has 0 aromatic carbocycles. The summed E-state index contributed by atoms with van der Waals surface area (Å²) < 4.78 is 0. The van der Waals surface area contributed by atoms with Crippen molar-refractivity contribution in [3.63, 3.8) is 0 Å². The maximum absolute atomic E-state index is 11.9. The lowest BCUT2D eigenvalue weighted by atomic mass is 10.0. The Hall–Kier alpha value is -0.570. The number of nitrogens with zero attached hydrogens (tertiary/aromatic N) is 2. The summed E-state index contributed by atoms with van der Waals surface area (Å²) in [7, 11) is 1.74. The number of halogens is 1. The van der Waals surface area contributed by atoms with Crippen molar-refractivity contribution < 1.29 is 4.79 Å². The Kier molecular flexibility index (Phi) is 12.5. The first-order chi connectivity index (χ1) is 11.7. The molecule has 0 spiro atoms. The summed E-state index contributed by atoms with van der Waals surface area (Å²) in [4.78, 5) is 18.8. The van der Waals surface area contributed by atoms with E-state index in [2.05, 4.69) is 39.7 Å². The molecule has 1 amide bonds. The smallest absolute Gasteiger partial charge is 0.239 e. The molecular weight excluding hydrogens is 441 g/mol. The van der Waals surface area contributed by atoms with Gasteiger partial charge in [-0.2, -0.15) is 0 Å². The molecule has 1 rings (SSSR count). The zero-order valence-corrected chi connectivity index (χ0v) is 19.9. The van der Waals surface area contributed by atoms with E-state index in [1.807, 2.05) is 20.8 Å². The molecule has 0 aliphatic carbocycles. The summed E-state index contributed by atoms with van der Waals surface area (Å²) in [6, 6.07) is 0.486. The molecule has 154 valence electrons. The Labute approximate surface area is 177 Å². The van der Waals surface area contributed by atoms with Crippen LogP contribution in [-0.4, -0.2) is 61.6 Å². The van der Waals surface area contributed by atoms with Crippen LogP contribution < -0.4 is 16.0 Å². The highest BCUT2D eigenvalue weighted by Crippen LogP contribution is 2.17. The number of amides is 1. The average Bonchev–Trinajstić information content (AvgIpc) is 2.77. The van der Waals surface area contributed by atoms with Crippen molar-refractivity contribution in [2.75, 3.05) is 33.2 Å². The van der Waals surface area contributed by atoms with Gasteiger partial charge in [-0.3, -0.25) is 14.7 Å². The molecule has 26 heavy (non-hydrogen) atoms. The first-order valence-electron chi connectivity index (χ1n) is 9.72. The molecule has 1 saturated heterocycles. The molecule has 0 radical (unpaired) electrons. The Balaban J connectivity index is 0.00000625. The van der Waals surface area contributed by atoms with E-state index < -0.39 is 0 Å². The minimum Gasteiger partial charge on any atom is -0.355 e. The van der Waals surface area contributed by atoms with Crippen LogP contribution in [0.4, 0.5) is 0 Å². The van der Waals surface area contributed by atoms with Crippen molar-refractivity contribution in [3.05, 3.63) is 0 Å². The second-order valence-corrected chi connectivity index (χ2v) is 8.37. The molecule has 1 heterocycles. The van der Waals surface area contributed by atoms with E-state index in [1.54, 1.807) is 7.05 Å². The van der Waals surface area contributed by atoms with Crippen LogP contribution in [0.15, 0.2) is 4.99 Å². The van der Waals surface area contributed by atoms with Gasteiger partial charge in [0, 0.05) is 25.2 Å². The quantitative estimate of drug-likeness (QED) is 0.310. The third-order valence-electron chi connectivity index (χ3n) is 4.51. The molecule has 1 aliphatic rings. The highest BCUT2D eigenvalue weighted by Gasteiger charge is 2.23.